The van der Waals surface area contributed by atoms with E-state index in [0.29, 0.717) is 12.2 Å². The number of rotatable bonds is 8. The van der Waals surface area contributed by atoms with Crippen LogP contribution in [0.1, 0.15) is 34.1 Å². The van der Waals surface area contributed by atoms with Crippen molar-refractivity contribution in [2.24, 2.45) is 0 Å². The van der Waals surface area contributed by atoms with Gasteiger partial charge in [0.15, 0.2) is 10.1 Å². The van der Waals surface area contributed by atoms with Gasteiger partial charge in [0.1, 0.15) is 0 Å². The van der Waals surface area contributed by atoms with Crippen LogP contribution in [-0.2, 0) is 19.6 Å². The molecule has 0 aliphatic heterocycles. The number of hydrogen-bond donors (Lipinski definition) is 0. The first-order valence-corrected chi connectivity index (χ1v) is 8.87. The highest BCUT2D eigenvalue weighted by atomic mass is 32.2. The molecule has 0 aromatic carbocycles. The zero-order valence-electron chi connectivity index (χ0n) is 14.5. The van der Waals surface area contributed by atoms with Crippen molar-refractivity contribution in [3.63, 3.8) is 0 Å². The predicted molar refractivity (Wildman–Crippen MR) is 82.9 cm³/mol. The van der Waals surface area contributed by atoms with Gasteiger partial charge in [-0.15, -0.1) is 0 Å². The van der Waals surface area contributed by atoms with E-state index < -0.39 is 15.6 Å². The van der Waals surface area contributed by atoms with Gasteiger partial charge in [-0.25, -0.2) is 13.2 Å². The summed E-state index contributed by atoms with van der Waals surface area (Å²) in [7, 11) is -6.09. The summed E-state index contributed by atoms with van der Waals surface area (Å²) in [6, 6.07) is 0. The highest BCUT2D eigenvalue weighted by Gasteiger charge is 2.36. The molecule has 0 spiro atoms. The molecule has 0 unspecified atom stereocenters. The van der Waals surface area contributed by atoms with Gasteiger partial charge >= 0.3 is 11.5 Å². The van der Waals surface area contributed by atoms with Crippen molar-refractivity contribution in [1.82, 2.24) is 0 Å². The second-order valence-corrected chi connectivity index (χ2v) is 6.55. The van der Waals surface area contributed by atoms with Gasteiger partial charge in [-0.1, -0.05) is 6.58 Å². The molecule has 144 valence electrons. The lowest BCUT2D eigenvalue weighted by Gasteiger charge is -2.35. The Labute approximate surface area is 141 Å². The second kappa shape index (κ2) is 10.7. The van der Waals surface area contributed by atoms with Gasteiger partial charge in [0.05, 0.1) is 32.8 Å². The monoisotopic (exact) mass is 377 g/mol. The van der Waals surface area contributed by atoms with E-state index in [1.165, 1.54) is 0 Å². The maximum atomic E-state index is 11.1. The summed E-state index contributed by atoms with van der Waals surface area (Å²) < 4.78 is 65.1. The van der Waals surface area contributed by atoms with Crippen molar-refractivity contribution >= 4 is 16.1 Å². The highest BCUT2D eigenvalue weighted by Crippen LogP contribution is 2.20. The molecule has 6 nitrogen and oxygen atoms in total. The average molecular weight is 377 g/mol. The molecule has 0 bridgehead atoms. The summed E-state index contributed by atoms with van der Waals surface area (Å²) >= 11 is 0. The van der Waals surface area contributed by atoms with Crippen molar-refractivity contribution in [3.8, 4) is 0 Å². The first-order valence-electron chi connectivity index (χ1n) is 7.46. The topological polar surface area (TPSA) is 83.5 Å². The van der Waals surface area contributed by atoms with E-state index in [0.717, 1.165) is 37.1 Å². The molecular weight excluding hydrogens is 351 g/mol. The predicted octanol–water partition coefficient (Wildman–Crippen LogP) is 2.42. The minimum absolute atomic E-state index is 0.275. The van der Waals surface area contributed by atoms with Gasteiger partial charge in [-0.2, -0.15) is 13.2 Å². The maximum absolute atomic E-state index is 11.1. The van der Waals surface area contributed by atoms with Crippen LogP contribution in [0, 0.1) is 0 Å². The van der Waals surface area contributed by atoms with Gasteiger partial charge in [0.25, 0.3) is 0 Å². The Morgan fingerprint density at radius 2 is 1.54 bits per heavy atom. The van der Waals surface area contributed by atoms with Crippen molar-refractivity contribution in [2.45, 2.75) is 39.6 Å². The normalized spacial score (nSPS) is 12.2. The van der Waals surface area contributed by atoms with E-state index >= 15 is 0 Å². The third-order valence-corrected chi connectivity index (χ3v) is 4.22. The van der Waals surface area contributed by atoms with Crippen molar-refractivity contribution in [3.05, 3.63) is 12.2 Å². The molecule has 0 fully saturated rings. The Kier molecular flexibility index (Phi) is 11.2. The molecule has 0 rings (SSSR count). The van der Waals surface area contributed by atoms with Gasteiger partial charge in [0, 0.05) is 12.0 Å². The summed E-state index contributed by atoms with van der Waals surface area (Å²) in [5, 5.41) is 0. The third kappa shape index (κ3) is 9.89. The minimum Gasteiger partial charge on any atom is -0.741 e. The summed E-state index contributed by atoms with van der Waals surface area (Å²) in [5.41, 5.74) is -5.17. The quantitative estimate of drug-likeness (QED) is 0.162. The van der Waals surface area contributed by atoms with E-state index in [2.05, 4.69) is 27.4 Å². The third-order valence-electron chi connectivity index (χ3n) is 3.65. The van der Waals surface area contributed by atoms with Crippen molar-refractivity contribution in [1.29, 1.82) is 0 Å². The molecular formula is C14H26F3NO5S. The largest absolute Gasteiger partial charge is 0.741 e. The number of carbonyl (C=O) groups excluding carboxylic acids is 1. The van der Waals surface area contributed by atoms with Crippen LogP contribution in [0.15, 0.2) is 12.2 Å². The average Bonchev–Trinajstić information content (AvgIpc) is 2.46. The second-order valence-electron chi connectivity index (χ2n) is 5.18. The first kappa shape index (κ1) is 25.1. The number of esters is 1. The number of ether oxygens (including phenoxy) is 1. The standard InChI is InChI=1S/C13H26NO2.CHF3O3S/c1-6-14(7-2,8-3)10-9-11-16-13(15)12(4)5;2-1(3,4)8(5,6)7/h4,6-11H2,1-3,5H3;(H,5,6,7)/q+1;/p-1. The molecule has 0 N–H and O–H groups in total. The highest BCUT2D eigenvalue weighted by molar-refractivity contribution is 7.86. The lowest BCUT2D eigenvalue weighted by atomic mass is 10.3. The molecule has 0 aliphatic rings. The lowest BCUT2D eigenvalue weighted by Crippen LogP contribution is -2.48. The van der Waals surface area contributed by atoms with Crippen LogP contribution in [-0.4, -0.2) is 61.7 Å². The van der Waals surface area contributed by atoms with Gasteiger partial charge in [0.2, 0.25) is 0 Å². The van der Waals surface area contributed by atoms with E-state index in [9.17, 15) is 18.0 Å². The maximum Gasteiger partial charge on any atom is 0.485 e. The van der Waals surface area contributed by atoms with Crippen LogP contribution in [0.4, 0.5) is 13.2 Å². The van der Waals surface area contributed by atoms with Crippen LogP contribution in [0.2, 0.25) is 0 Å². The van der Waals surface area contributed by atoms with Crippen molar-refractivity contribution in [2.75, 3.05) is 32.8 Å². The molecule has 0 aliphatic carbocycles. The molecule has 10 heteroatoms. The Bertz CT molecular complexity index is 491. The summed E-state index contributed by atoms with van der Waals surface area (Å²) in [6.45, 7) is 16.9. The number of halogens is 3. The molecule has 0 aromatic rings. The zero-order valence-corrected chi connectivity index (χ0v) is 15.3. The summed E-state index contributed by atoms with van der Waals surface area (Å²) in [6.07, 6.45) is 0.925. The molecule has 0 saturated carbocycles. The number of nitrogens with zero attached hydrogens (tertiary/aromatic N) is 1. The molecule has 0 aromatic heterocycles. The SMILES string of the molecule is C=C(C)C(=O)OCCC[N+](CC)(CC)CC.O=S(=O)([O-])C(F)(F)F. The van der Waals surface area contributed by atoms with Gasteiger partial charge < -0.3 is 13.8 Å². The fraction of sp³-hybridized carbons (Fsp3) is 0.786. The van der Waals surface area contributed by atoms with Gasteiger partial charge in [-0.3, -0.25) is 0 Å². The Hall–Kier alpha value is -1.13. The molecule has 0 amide bonds. The number of carbonyl (C=O) groups is 1. The molecule has 0 radical (unpaired) electrons. The number of hydrogen-bond acceptors (Lipinski definition) is 5. The first-order chi connectivity index (χ1) is 10.8. The van der Waals surface area contributed by atoms with E-state index in [-0.39, 0.29) is 5.97 Å². The Morgan fingerprint density at radius 3 is 1.79 bits per heavy atom. The zero-order chi connectivity index (χ0) is 19.6. The Morgan fingerprint density at radius 1 is 1.17 bits per heavy atom. The van der Waals surface area contributed by atoms with Crippen LogP contribution in [0.3, 0.4) is 0 Å². The fourth-order valence-electron chi connectivity index (χ4n) is 1.83. The van der Waals surface area contributed by atoms with Crippen LogP contribution < -0.4 is 0 Å². The van der Waals surface area contributed by atoms with Crippen molar-refractivity contribution < 1.29 is 40.2 Å². The van der Waals surface area contributed by atoms with E-state index in [1.807, 2.05) is 0 Å². The summed E-state index contributed by atoms with van der Waals surface area (Å²) in [4.78, 5) is 11.1. The fourth-order valence-corrected chi connectivity index (χ4v) is 1.83. The lowest BCUT2D eigenvalue weighted by molar-refractivity contribution is -0.923. The number of alkyl halides is 3. The van der Waals surface area contributed by atoms with E-state index in [4.69, 9.17) is 17.7 Å². The van der Waals surface area contributed by atoms with Crippen LogP contribution >= 0.6 is 0 Å². The van der Waals surface area contributed by atoms with E-state index in [1.54, 1.807) is 6.92 Å². The smallest absolute Gasteiger partial charge is 0.485 e. The molecule has 24 heavy (non-hydrogen) atoms. The molecule has 0 atom stereocenters. The van der Waals surface area contributed by atoms with Crippen LogP contribution in [0.25, 0.3) is 0 Å². The Balaban J connectivity index is 0. The van der Waals surface area contributed by atoms with Gasteiger partial charge in [-0.05, 0) is 27.7 Å². The molecule has 0 heterocycles. The molecule has 0 saturated heterocycles. The minimum atomic E-state index is -6.09. The summed E-state index contributed by atoms with van der Waals surface area (Å²) in [5.74, 6) is -0.275. The number of quaternary nitrogens is 1. The van der Waals surface area contributed by atoms with Crippen LogP contribution in [0.5, 0.6) is 0 Å².